The van der Waals surface area contributed by atoms with Gasteiger partial charge in [0.25, 0.3) is 0 Å². The Balaban J connectivity index is 1.61. The zero-order valence-electron chi connectivity index (χ0n) is 16.1. The molecule has 0 spiro atoms. The van der Waals surface area contributed by atoms with E-state index in [1.54, 1.807) is 11.4 Å². The van der Waals surface area contributed by atoms with Crippen molar-refractivity contribution >= 4 is 45.6 Å². The molecule has 4 rings (SSSR count). The van der Waals surface area contributed by atoms with Crippen LogP contribution in [-0.2, 0) is 9.53 Å². The molecule has 3 heterocycles. The van der Waals surface area contributed by atoms with E-state index in [1.165, 1.54) is 30.8 Å². The third kappa shape index (κ3) is 3.96. The first-order valence-corrected chi connectivity index (χ1v) is 9.89. The number of hydrogen-bond donors (Lipinski definition) is 2. The molecule has 0 aliphatic carbocycles. The molecule has 2 N–H and O–H groups in total. The Morgan fingerprint density at radius 2 is 2.03 bits per heavy atom. The number of ether oxygens (including phenoxy) is 1. The Kier molecular flexibility index (Phi) is 5.35. The zero-order valence-corrected chi connectivity index (χ0v) is 16.9. The van der Waals surface area contributed by atoms with Crippen LogP contribution in [0.25, 0.3) is 16.2 Å². The van der Waals surface area contributed by atoms with Gasteiger partial charge in [0.15, 0.2) is 5.82 Å². The number of thiazole rings is 1. The van der Waals surface area contributed by atoms with E-state index in [2.05, 4.69) is 30.7 Å². The fourth-order valence-corrected chi connectivity index (χ4v) is 3.58. The van der Waals surface area contributed by atoms with Crippen molar-refractivity contribution in [2.45, 2.75) is 13.8 Å². The normalized spacial score (nSPS) is 10.7. The van der Waals surface area contributed by atoms with E-state index in [0.29, 0.717) is 16.6 Å². The van der Waals surface area contributed by atoms with Crippen molar-refractivity contribution in [2.24, 2.45) is 0 Å². The minimum atomic E-state index is -0.526. The Hall–Kier alpha value is -3.86. The van der Waals surface area contributed by atoms with Crippen LogP contribution in [-0.4, -0.2) is 43.0 Å². The Bertz CT molecular complexity index is 1220. The Morgan fingerprint density at radius 3 is 2.77 bits per heavy atom. The SMILES string of the molecule is CCOC(=O)c1cncnc1Nc1nc2scc(-c3ccc(NC(C)=O)cc3)n2n1. The molecule has 4 aromatic rings. The lowest BCUT2D eigenvalue weighted by molar-refractivity contribution is -0.114. The summed E-state index contributed by atoms with van der Waals surface area (Å²) in [5, 5.41) is 12.1. The van der Waals surface area contributed by atoms with E-state index in [4.69, 9.17) is 4.74 Å². The molecule has 152 valence electrons. The fourth-order valence-electron chi connectivity index (χ4n) is 2.75. The molecule has 30 heavy (non-hydrogen) atoms. The van der Waals surface area contributed by atoms with Crippen molar-refractivity contribution in [2.75, 3.05) is 17.2 Å². The summed E-state index contributed by atoms with van der Waals surface area (Å²) < 4.78 is 6.73. The monoisotopic (exact) mass is 423 g/mol. The lowest BCUT2D eigenvalue weighted by Crippen LogP contribution is -2.10. The van der Waals surface area contributed by atoms with Crippen LogP contribution in [0.1, 0.15) is 24.2 Å². The molecule has 0 saturated heterocycles. The number of rotatable bonds is 6. The van der Waals surface area contributed by atoms with E-state index in [0.717, 1.165) is 11.3 Å². The van der Waals surface area contributed by atoms with Gasteiger partial charge in [-0.3, -0.25) is 4.79 Å². The highest BCUT2D eigenvalue weighted by molar-refractivity contribution is 7.15. The second-order valence-corrected chi connectivity index (χ2v) is 6.98. The predicted molar refractivity (Wildman–Crippen MR) is 112 cm³/mol. The largest absolute Gasteiger partial charge is 0.462 e. The zero-order chi connectivity index (χ0) is 21.1. The van der Waals surface area contributed by atoms with E-state index < -0.39 is 5.97 Å². The third-order valence-corrected chi connectivity index (χ3v) is 4.84. The summed E-state index contributed by atoms with van der Waals surface area (Å²) in [5.41, 5.74) is 2.68. The van der Waals surface area contributed by atoms with Crippen LogP contribution in [0, 0.1) is 0 Å². The molecule has 0 aliphatic rings. The number of anilines is 3. The molecule has 1 aromatic carbocycles. The highest BCUT2D eigenvalue weighted by Crippen LogP contribution is 2.27. The first-order chi connectivity index (χ1) is 14.5. The van der Waals surface area contributed by atoms with Gasteiger partial charge in [0.2, 0.25) is 16.8 Å². The first kappa shape index (κ1) is 19.5. The summed E-state index contributed by atoms with van der Waals surface area (Å²) in [4.78, 5) is 36.4. The van der Waals surface area contributed by atoms with Crippen molar-refractivity contribution < 1.29 is 14.3 Å². The van der Waals surface area contributed by atoms with Gasteiger partial charge in [0.05, 0.1) is 12.3 Å². The van der Waals surface area contributed by atoms with Crippen LogP contribution in [0.4, 0.5) is 17.5 Å². The van der Waals surface area contributed by atoms with Crippen molar-refractivity contribution in [3.05, 3.63) is 47.7 Å². The maximum Gasteiger partial charge on any atom is 0.343 e. The van der Waals surface area contributed by atoms with Gasteiger partial charge in [-0.05, 0) is 19.1 Å². The van der Waals surface area contributed by atoms with Crippen molar-refractivity contribution in [3.8, 4) is 11.3 Å². The van der Waals surface area contributed by atoms with Crippen molar-refractivity contribution in [1.29, 1.82) is 0 Å². The number of aromatic nitrogens is 5. The maximum absolute atomic E-state index is 12.1. The minimum absolute atomic E-state index is 0.125. The number of nitrogens with one attached hydrogen (secondary N) is 2. The van der Waals surface area contributed by atoms with E-state index in [1.807, 2.05) is 29.6 Å². The second-order valence-electron chi connectivity index (χ2n) is 6.14. The molecule has 11 heteroatoms. The predicted octanol–water partition coefficient (Wildman–Crippen LogP) is 3.13. The van der Waals surface area contributed by atoms with Gasteiger partial charge in [0.1, 0.15) is 11.9 Å². The Labute approximate surface area is 175 Å². The van der Waals surface area contributed by atoms with Crippen LogP contribution >= 0.6 is 11.3 Å². The highest BCUT2D eigenvalue weighted by Gasteiger charge is 2.17. The van der Waals surface area contributed by atoms with Crippen molar-refractivity contribution in [1.82, 2.24) is 24.6 Å². The van der Waals surface area contributed by atoms with Crippen LogP contribution in [0.2, 0.25) is 0 Å². The summed E-state index contributed by atoms with van der Waals surface area (Å²) in [5.74, 6) is -0.0914. The molecule has 0 atom stereocenters. The molecular formula is C19H17N7O3S. The number of carbonyl (C=O) groups is 2. The van der Waals surface area contributed by atoms with Crippen LogP contribution in [0.15, 0.2) is 42.2 Å². The maximum atomic E-state index is 12.1. The molecule has 0 radical (unpaired) electrons. The number of carbonyl (C=O) groups excluding carboxylic acids is 2. The van der Waals surface area contributed by atoms with Gasteiger partial charge < -0.3 is 15.4 Å². The summed E-state index contributed by atoms with van der Waals surface area (Å²) in [6.45, 7) is 3.44. The quantitative estimate of drug-likeness (QED) is 0.454. The molecule has 0 unspecified atom stereocenters. The second kappa shape index (κ2) is 8.25. The molecular weight excluding hydrogens is 406 g/mol. The van der Waals surface area contributed by atoms with Crippen molar-refractivity contribution in [3.63, 3.8) is 0 Å². The number of benzene rings is 1. The van der Waals surface area contributed by atoms with Crippen LogP contribution in [0.3, 0.4) is 0 Å². The van der Waals surface area contributed by atoms with Gasteiger partial charge in [-0.25, -0.2) is 19.3 Å². The number of nitrogens with zero attached hydrogens (tertiary/aromatic N) is 5. The number of fused-ring (bicyclic) bond motifs is 1. The summed E-state index contributed by atoms with van der Waals surface area (Å²) >= 11 is 1.43. The summed E-state index contributed by atoms with van der Waals surface area (Å²) in [6, 6.07) is 7.43. The fraction of sp³-hybridized carbons (Fsp3) is 0.158. The molecule has 0 aliphatic heterocycles. The number of amides is 1. The van der Waals surface area contributed by atoms with Crippen LogP contribution in [0.5, 0.6) is 0 Å². The average Bonchev–Trinajstić information content (AvgIpc) is 3.29. The first-order valence-electron chi connectivity index (χ1n) is 9.01. The van der Waals surface area contributed by atoms with E-state index in [9.17, 15) is 9.59 Å². The molecule has 10 nitrogen and oxygen atoms in total. The van der Waals surface area contributed by atoms with Gasteiger partial charge in [0, 0.05) is 29.8 Å². The van der Waals surface area contributed by atoms with Crippen LogP contribution < -0.4 is 10.6 Å². The highest BCUT2D eigenvalue weighted by atomic mass is 32.1. The minimum Gasteiger partial charge on any atom is -0.462 e. The molecule has 1 amide bonds. The lowest BCUT2D eigenvalue weighted by atomic mass is 10.1. The summed E-state index contributed by atoms with van der Waals surface area (Å²) in [6.07, 6.45) is 2.71. The molecule has 0 saturated carbocycles. The topological polar surface area (TPSA) is 123 Å². The smallest absolute Gasteiger partial charge is 0.343 e. The summed E-state index contributed by atoms with van der Waals surface area (Å²) in [7, 11) is 0. The van der Waals surface area contributed by atoms with E-state index >= 15 is 0 Å². The van der Waals surface area contributed by atoms with Gasteiger partial charge in [-0.2, -0.15) is 4.98 Å². The molecule has 0 bridgehead atoms. The lowest BCUT2D eigenvalue weighted by Gasteiger charge is -2.06. The van der Waals surface area contributed by atoms with Gasteiger partial charge in [-0.15, -0.1) is 16.4 Å². The molecule has 0 fully saturated rings. The number of hydrogen-bond acceptors (Lipinski definition) is 9. The average molecular weight is 423 g/mol. The standard InChI is InChI=1S/C19H17N7O3S/c1-3-29-17(28)14-8-20-10-21-16(14)23-18-24-19-26(25-18)15(9-30-19)12-4-6-13(7-5-12)22-11(2)27/h4-10H,3H2,1-2H3,(H,22,27)(H,20,21,23,25). The van der Waals surface area contributed by atoms with Gasteiger partial charge >= 0.3 is 5.97 Å². The Morgan fingerprint density at radius 1 is 1.23 bits per heavy atom. The number of esters is 1. The van der Waals surface area contributed by atoms with E-state index in [-0.39, 0.29) is 23.9 Å². The van der Waals surface area contributed by atoms with Gasteiger partial charge in [-0.1, -0.05) is 12.1 Å². The molecule has 3 aromatic heterocycles. The third-order valence-electron chi connectivity index (χ3n) is 4.02.